The van der Waals surface area contributed by atoms with Crippen molar-refractivity contribution in [2.75, 3.05) is 0 Å². The highest BCUT2D eigenvalue weighted by molar-refractivity contribution is 6.30. The number of nitrogens with zero attached hydrogens (tertiary/aromatic N) is 2. The van der Waals surface area contributed by atoms with E-state index in [9.17, 15) is 4.79 Å². The highest BCUT2D eigenvalue weighted by Crippen LogP contribution is 2.20. The molecule has 0 saturated heterocycles. The molecular formula is C12H20ClN3O. The first kappa shape index (κ1) is 14.2. The summed E-state index contributed by atoms with van der Waals surface area (Å²) in [6.45, 7) is 3.92. The second-order valence-electron chi connectivity index (χ2n) is 4.45. The standard InChI is InChI=1S/C12H20ClN3O/c1-4-5-9(14)6-10(17)7-11-8(2)15-16(3)12(11)13/h9H,4-7,14H2,1-3H3. The Hall–Kier alpha value is -0.870. The van der Waals surface area contributed by atoms with Crippen molar-refractivity contribution in [2.24, 2.45) is 12.8 Å². The number of carbonyl (C=O) groups excluding carboxylic acids is 1. The van der Waals surface area contributed by atoms with E-state index >= 15 is 0 Å². The van der Waals surface area contributed by atoms with Crippen LogP contribution in [0, 0.1) is 6.92 Å². The second kappa shape index (κ2) is 6.17. The first-order chi connectivity index (χ1) is 7.95. The van der Waals surface area contributed by atoms with Crippen molar-refractivity contribution >= 4 is 17.4 Å². The quantitative estimate of drug-likeness (QED) is 0.848. The maximum absolute atomic E-state index is 11.8. The molecule has 1 aromatic heterocycles. The van der Waals surface area contributed by atoms with Gasteiger partial charge in [-0.15, -0.1) is 0 Å². The smallest absolute Gasteiger partial charge is 0.138 e. The number of aryl methyl sites for hydroxylation is 2. The fourth-order valence-electron chi connectivity index (χ4n) is 1.91. The SMILES string of the molecule is CCCC(N)CC(=O)Cc1c(C)nn(C)c1Cl. The molecule has 1 unspecified atom stereocenters. The topological polar surface area (TPSA) is 60.9 Å². The largest absolute Gasteiger partial charge is 0.327 e. The lowest BCUT2D eigenvalue weighted by Crippen LogP contribution is -2.24. The molecule has 4 nitrogen and oxygen atoms in total. The first-order valence-corrected chi connectivity index (χ1v) is 6.28. The van der Waals surface area contributed by atoms with E-state index in [0.717, 1.165) is 24.1 Å². The third kappa shape index (κ3) is 3.82. The van der Waals surface area contributed by atoms with Gasteiger partial charge in [-0.05, 0) is 13.3 Å². The van der Waals surface area contributed by atoms with Crippen molar-refractivity contribution in [3.8, 4) is 0 Å². The molecule has 0 aliphatic heterocycles. The lowest BCUT2D eigenvalue weighted by Gasteiger charge is -2.08. The van der Waals surface area contributed by atoms with Crippen LogP contribution in [0.1, 0.15) is 37.4 Å². The Morgan fingerprint density at radius 1 is 1.59 bits per heavy atom. The Balaban J connectivity index is 2.62. The van der Waals surface area contributed by atoms with E-state index in [-0.39, 0.29) is 11.8 Å². The van der Waals surface area contributed by atoms with Gasteiger partial charge in [-0.3, -0.25) is 9.48 Å². The zero-order valence-electron chi connectivity index (χ0n) is 10.7. The third-order valence-electron chi connectivity index (χ3n) is 2.79. The van der Waals surface area contributed by atoms with Gasteiger partial charge in [0.05, 0.1) is 5.69 Å². The Kier molecular flexibility index (Phi) is 5.15. The van der Waals surface area contributed by atoms with Crippen LogP contribution in [-0.4, -0.2) is 21.6 Å². The minimum absolute atomic E-state index is 0.0387. The van der Waals surface area contributed by atoms with Crippen LogP contribution < -0.4 is 5.73 Å². The number of hydrogen-bond acceptors (Lipinski definition) is 3. The fraction of sp³-hybridized carbons (Fsp3) is 0.667. The number of rotatable bonds is 6. The number of ketones is 1. The molecule has 1 heterocycles. The van der Waals surface area contributed by atoms with Crippen molar-refractivity contribution in [1.29, 1.82) is 0 Å². The summed E-state index contributed by atoms with van der Waals surface area (Å²) in [5.74, 6) is 0.129. The van der Waals surface area contributed by atoms with Crippen LogP contribution >= 0.6 is 11.6 Å². The van der Waals surface area contributed by atoms with Crippen molar-refractivity contribution in [3.63, 3.8) is 0 Å². The van der Waals surface area contributed by atoms with Gasteiger partial charge in [0.15, 0.2) is 0 Å². The number of aromatic nitrogens is 2. The molecule has 5 heteroatoms. The Morgan fingerprint density at radius 2 is 2.24 bits per heavy atom. The number of hydrogen-bond donors (Lipinski definition) is 1. The van der Waals surface area contributed by atoms with Gasteiger partial charge in [-0.25, -0.2) is 0 Å². The number of carbonyl (C=O) groups is 1. The second-order valence-corrected chi connectivity index (χ2v) is 4.80. The Bertz CT molecular complexity index is 401. The molecule has 0 aliphatic rings. The fourth-order valence-corrected chi connectivity index (χ4v) is 2.15. The van der Waals surface area contributed by atoms with E-state index in [0.29, 0.717) is 18.0 Å². The van der Waals surface area contributed by atoms with Crippen molar-refractivity contribution in [1.82, 2.24) is 9.78 Å². The van der Waals surface area contributed by atoms with Crippen LogP contribution in [0.4, 0.5) is 0 Å². The number of Topliss-reactive ketones (excluding diaryl/α,β-unsaturated/α-hetero) is 1. The molecule has 0 spiro atoms. The van der Waals surface area contributed by atoms with Gasteiger partial charge in [0, 0.05) is 31.5 Å². The summed E-state index contributed by atoms with van der Waals surface area (Å²) in [4.78, 5) is 11.8. The summed E-state index contributed by atoms with van der Waals surface area (Å²) in [5.41, 5.74) is 7.48. The lowest BCUT2D eigenvalue weighted by atomic mass is 10.0. The van der Waals surface area contributed by atoms with E-state index < -0.39 is 0 Å². The average Bonchev–Trinajstić information content (AvgIpc) is 2.45. The molecule has 96 valence electrons. The first-order valence-electron chi connectivity index (χ1n) is 5.91. The molecular weight excluding hydrogens is 238 g/mol. The van der Waals surface area contributed by atoms with E-state index in [2.05, 4.69) is 12.0 Å². The van der Waals surface area contributed by atoms with Crippen LogP contribution in [0.2, 0.25) is 5.15 Å². The number of nitrogens with two attached hydrogens (primary N) is 1. The molecule has 0 aromatic carbocycles. The average molecular weight is 258 g/mol. The van der Waals surface area contributed by atoms with Crippen LogP contribution in [0.15, 0.2) is 0 Å². The minimum atomic E-state index is -0.0387. The highest BCUT2D eigenvalue weighted by Gasteiger charge is 2.16. The molecule has 0 bridgehead atoms. The van der Waals surface area contributed by atoms with Crippen LogP contribution in [0.5, 0.6) is 0 Å². The van der Waals surface area contributed by atoms with Gasteiger partial charge in [0.2, 0.25) is 0 Å². The summed E-state index contributed by atoms with van der Waals surface area (Å²) < 4.78 is 1.59. The van der Waals surface area contributed by atoms with Crippen LogP contribution in [0.3, 0.4) is 0 Å². The molecule has 1 atom stereocenters. The Morgan fingerprint density at radius 3 is 2.71 bits per heavy atom. The normalized spacial score (nSPS) is 12.8. The predicted octanol–water partition coefficient (Wildman–Crippen LogP) is 2.01. The van der Waals surface area contributed by atoms with Gasteiger partial charge in [0.25, 0.3) is 0 Å². The lowest BCUT2D eigenvalue weighted by molar-refractivity contribution is -0.118. The zero-order valence-corrected chi connectivity index (χ0v) is 11.4. The molecule has 0 saturated carbocycles. The molecule has 0 amide bonds. The highest BCUT2D eigenvalue weighted by atomic mass is 35.5. The third-order valence-corrected chi connectivity index (χ3v) is 3.27. The van der Waals surface area contributed by atoms with Gasteiger partial charge < -0.3 is 5.73 Å². The van der Waals surface area contributed by atoms with E-state index in [1.54, 1.807) is 11.7 Å². The summed E-state index contributed by atoms with van der Waals surface area (Å²) in [6, 6.07) is -0.0387. The molecule has 0 radical (unpaired) electrons. The van der Waals surface area contributed by atoms with Crippen molar-refractivity contribution < 1.29 is 4.79 Å². The molecule has 1 aromatic rings. The van der Waals surface area contributed by atoms with E-state index in [1.807, 2.05) is 6.92 Å². The van der Waals surface area contributed by atoms with Crippen LogP contribution in [0.25, 0.3) is 0 Å². The molecule has 1 rings (SSSR count). The van der Waals surface area contributed by atoms with Gasteiger partial charge >= 0.3 is 0 Å². The Labute approximate surface area is 107 Å². The minimum Gasteiger partial charge on any atom is -0.327 e. The van der Waals surface area contributed by atoms with E-state index in [1.165, 1.54) is 0 Å². The van der Waals surface area contributed by atoms with Crippen molar-refractivity contribution in [2.45, 2.75) is 45.6 Å². The van der Waals surface area contributed by atoms with Gasteiger partial charge in [-0.1, -0.05) is 24.9 Å². The molecule has 17 heavy (non-hydrogen) atoms. The summed E-state index contributed by atoms with van der Waals surface area (Å²) in [6.07, 6.45) is 2.63. The van der Waals surface area contributed by atoms with Crippen LogP contribution in [-0.2, 0) is 18.3 Å². The molecule has 0 aliphatic carbocycles. The van der Waals surface area contributed by atoms with Gasteiger partial charge in [-0.2, -0.15) is 5.10 Å². The maximum atomic E-state index is 11.8. The summed E-state index contributed by atoms with van der Waals surface area (Å²) in [7, 11) is 1.77. The summed E-state index contributed by atoms with van der Waals surface area (Å²) in [5, 5.41) is 4.72. The van der Waals surface area contributed by atoms with E-state index in [4.69, 9.17) is 17.3 Å². The van der Waals surface area contributed by atoms with Crippen molar-refractivity contribution in [3.05, 3.63) is 16.4 Å². The predicted molar refractivity (Wildman–Crippen MR) is 69.2 cm³/mol. The molecule has 0 fully saturated rings. The maximum Gasteiger partial charge on any atom is 0.138 e. The monoisotopic (exact) mass is 257 g/mol. The molecule has 2 N–H and O–H groups in total. The summed E-state index contributed by atoms with van der Waals surface area (Å²) >= 11 is 6.07. The van der Waals surface area contributed by atoms with Gasteiger partial charge in [0.1, 0.15) is 10.9 Å². The number of halogens is 1. The zero-order chi connectivity index (χ0) is 13.0.